The van der Waals surface area contributed by atoms with E-state index >= 15 is 0 Å². The van der Waals surface area contributed by atoms with Crippen LogP contribution < -0.4 is 16.0 Å². The van der Waals surface area contributed by atoms with Crippen molar-refractivity contribution < 1.29 is 9.59 Å². The summed E-state index contributed by atoms with van der Waals surface area (Å²) < 4.78 is 0. The van der Waals surface area contributed by atoms with Crippen LogP contribution in [0.3, 0.4) is 0 Å². The van der Waals surface area contributed by atoms with Crippen LogP contribution in [-0.2, 0) is 9.59 Å². The molecule has 2 amide bonds. The third-order valence-electron chi connectivity index (χ3n) is 4.89. The molecule has 2 fully saturated rings. The Hall–Kier alpha value is -1.59. The van der Waals surface area contributed by atoms with Gasteiger partial charge in [0.15, 0.2) is 0 Å². The predicted octanol–water partition coefficient (Wildman–Crippen LogP) is 2.62. The summed E-state index contributed by atoms with van der Waals surface area (Å²) in [4.78, 5) is 24.0. The van der Waals surface area contributed by atoms with Crippen molar-refractivity contribution in [1.82, 2.24) is 10.6 Å². The van der Waals surface area contributed by atoms with Crippen LogP contribution in [0.15, 0.2) is 18.2 Å². The Labute approximate surface area is 147 Å². The van der Waals surface area contributed by atoms with Crippen LogP contribution in [-0.4, -0.2) is 30.4 Å². The van der Waals surface area contributed by atoms with E-state index in [9.17, 15) is 9.59 Å². The van der Waals surface area contributed by atoms with Gasteiger partial charge in [-0.15, -0.1) is 0 Å². The first-order valence-electron chi connectivity index (χ1n) is 8.58. The highest BCUT2D eigenvalue weighted by Crippen LogP contribution is 2.32. The normalized spacial score (nSPS) is 25.3. The zero-order chi connectivity index (χ0) is 17.1. The van der Waals surface area contributed by atoms with E-state index in [4.69, 9.17) is 11.6 Å². The first kappa shape index (κ1) is 17.2. The Balaban J connectivity index is 1.41. The first-order chi connectivity index (χ1) is 11.5. The standard InChI is InChI=1S/C18H24ClN3O2/c1-11-2-5-16(15(19)6-11)22-18(24)10-20-17(23)9-12-7-13-3-4-14(8-12)21-13/h2,5-6,12-14,21H,3-4,7-10H2,1H3,(H,20,23)(H,22,24). The molecule has 1 aromatic carbocycles. The zero-order valence-electron chi connectivity index (χ0n) is 13.9. The number of hydrogen-bond acceptors (Lipinski definition) is 3. The van der Waals surface area contributed by atoms with Gasteiger partial charge in [0.05, 0.1) is 17.3 Å². The van der Waals surface area contributed by atoms with Gasteiger partial charge in [-0.2, -0.15) is 0 Å². The number of nitrogens with one attached hydrogen (secondary N) is 3. The number of aryl methyl sites for hydroxylation is 1. The lowest BCUT2D eigenvalue weighted by molar-refractivity contribution is -0.125. The van der Waals surface area contributed by atoms with Crippen LogP contribution in [0.1, 0.15) is 37.7 Å². The molecule has 24 heavy (non-hydrogen) atoms. The lowest BCUT2D eigenvalue weighted by Crippen LogP contribution is -2.40. The van der Waals surface area contributed by atoms with Gasteiger partial charge in [0.25, 0.3) is 0 Å². The number of carbonyl (C=O) groups excluding carboxylic acids is 2. The van der Waals surface area contributed by atoms with E-state index in [-0.39, 0.29) is 18.4 Å². The summed E-state index contributed by atoms with van der Waals surface area (Å²) in [5.41, 5.74) is 1.60. The number of hydrogen-bond donors (Lipinski definition) is 3. The van der Waals surface area contributed by atoms with Crippen molar-refractivity contribution in [1.29, 1.82) is 0 Å². The highest BCUT2D eigenvalue weighted by atomic mass is 35.5. The molecule has 2 aliphatic rings. The molecule has 2 atom stereocenters. The van der Waals surface area contributed by atoms with Gasteiger partial charge in [-0.3, -0.25) is 9.59 Å². The molecule has 2 aliphatic heterocycles. The number of rotatable bonds is 5. The molecule has 2 saturated heterocycles. The second-order valence-electron chi connectivity index (χ2n) is 6.99. The zero-order valence-corrected chi connectivity index (χ0v) is 14.7. The van der Waals surface area contributed by atoms with Crippen LogP contribution in [0.25, 0.3) is 0 Å². The largest absolute Gasteiger partial charge is 0.347 e. The fourth-order valence-electron chi connectivity index (χ4n) is 3.77. The summed E-state index contributed by atoms with van der Waals surface area (Å²) >= 11 is 6.09. The molecule has 3 N–H and O–H groups in total. The van der Waals surface area contributed by atoms with Crippen LogP contribution in [0.5, 0.6) is 0 Å². The number of carbonyl (C=O) groups is 2. The van der Waals surface area contributed by atoms with Crippen LogP contribution in [0.2, 0.25) is 5.02 Å². The lowest BCUT2D eigenvalue weighted by atomic mass is 9.89. The monoisotopic (exact) mass is 349 g/mol. The molecule has 2 bridgehead atoms. The van der Waals surface area contributed by atoms with Crippen LogP contribution >= 0.6 is 11.6 Å². The Morgan fingerprint density at radius 2 is 1.92 bits per heavy atom. The Bertz CT molecular complexity index is 623. The molecule has 5 nitrogen and oxygen atoms in total. The van der Waals surface area contributed by atoms with Gasteiger partial charge in [-0.1, -0.05) is 17.7 Å². The minimum absolute atomic E-state index is 0.0269. The quantitative estimate of drug-likeness (QED) is 0.765. The highest BCUT2D eigenvalue weighted by Gasteiger charge is 2.34. The predicted molar refractivity (Wildman–Crippen MR) is 95.1 cm³/mol. The van der Waals surface area contributed by atoms with Crippen molar-refractivity contribution in [3.8, 4) is 0 Å². The molecule has 0 spiro atoms. The Morgan fingerprint density at radius 1 is 1.21 bits per heavy atom. The van der Waals surface area contributed by atoms with Crippen molar-refractivity contribution in [2.24, 2.45) is 5.92 Å². The molecule has 130 valence electrons. The summed E-state index contributed by atoms with van der Waals surface area (Å²) in [5, 5.41) is 9.51. The van der Waals surface area contributed by atoms with Gasteiger partial charge in [0, 0.05) is 18.5 Å². The minimum atomic E-state index is -0.264. The number of piperidine rings is 1. The fraction of sp³-hybridized carbons (Fsp3) is 0.556. The number of fused-ring (bicyclic) bond motifs is 2. The molecule has 1 aromatic rings. The van der Waals surface area contributed by atoms with E-state index < -0.39 is 0 Å². The number of anilines is 1. The fourth-order valence-corrected chi connectivity index (χ4v) is 4.05. The van der Waals surface area contributed by atoms with Gasteiger partial charge < -0.3 is 16.0 Å². The molecule has 0 saturated carbocycles. The first-order valence-corrected chi connectivity index (χ1v) is 8.96. The summed E-state index contributed by atoms with van der Waals surface area (Å²) in [5.74, 6) is 0.115. The molecule has 0 aromatic heterocycles. The summed E-state index contributed by atoms with van der Waals surface area (Å²) in [7, 11) is 0. The summed E-state index contributed by atoms with van der Waals surface area (Å²) in [6.45, 7) is 1.91. The molecule has 6 heteroatoms. The maximum absolute atomic E-state index is 12.1. The molecular weight excluding hydrogens is 326 g/mol. The smallest absolute Gasteiger partial charge is 0.243 e. The SMILES string of the molecule is Cc1ccc(NC(=O)CNC(=O)CC2CC3CCC(C2)N3)c(Cl)c1. The number of benzene rings is 1. The van der Waals surface area contributed by atoms with Gasteiger partial charge in [0.1, 0.15) is 0 Å². The van der Waals surface area contributed by atoms with Crippen molar-refractivity contribution >= 4 is 29.1 Å². The van der Waals surface area contributed by atoms with E-state index in [0.29, 0.717) is 35.1 Å². The molecular formula is C18H24ClN3O2. The molecule has 2 heterocycles. The van der Waals surface area contributed by atoms with Crippen molar-refractivity contribution in [2.75, 3.05) is 11.9 Å². The molecule has 3 rings (SSSR count). The second kappa shape index (κ2) is 7.53. The average molecular weight is 350 g/mol. The second-order valence-corrected chi connectivity index (χ2v) is 7.39. The minimum Gasteiger partial charge on any atom is -0.347 e. The van der Waals surface area contributed by atoms with Crippen molar-refractivity contribution in [2.45, 2.75) is 51.1 Å². The third-order valence-corrected chi connectivity index (χ3v) is 5.20. The van der Waals surface area contributed by atoms with E-state index in [2.05, 4.69) is 16.0 Å². The van der Waals surface area contributed by atoms with E-state index in [1.165, 1.54) is 12.8 Å². The highest BCUT2D eigenvalue weighted by molar-refractivity contribution is 6.33. The number of halogens is 1. The van der Waals surface area contributed by atoms with Crippen molar-refractivity contribution in [3.05, 3.63) is 28.8 Å². The third kappa shape index (κ3) is 4.48. The van der Waals surface area contributed by atoms with Gasteiger partial charge in [-0.25, -0.2) is 0 Å². The van der Waals surface area contributed by atoms with Crippen LogP contribution in [0.4, 0.5) is 5.69 Å². The van der Waals surface area contributed by atoms with E-state index in [1.807, 2.05) is 13.0 Å². The topological polar surface area (TPSA) is 70.2 Å². The van der Waals surface area contributed by atoms with Gasteiger partial charge in [-0.05, 0) is 56.2 Å². The lowest BCUT2D eigenvalue weighted by Gasteiger charge is -2.28. The van der Waals surface area contributed by atoms with E-state index in [1.54, 1.807) is 12.1 Å². The summed E-state index contributed by atoms with van der Waals surface area (Å²) in [6.07, 6.45) is 5.09. The van der Waals surface area contributed by atoms with Gasteiger partial charge in [0.2, 0.25) is 11.8 Å². The average Bonchev–Trinajstić information content (AvgIpc) is 2.87. The maximum atomic E-state index is 12.1. The molecule has 2 unspecified atom stereocenters. The molecule has 0 radical (unpaired) electrons. The number of amides is 2. The van der Waals surface area contributed by atoms with E-state index in [0.717, 1.165) is 18.4 Å². The van der Waals surface area contributed by atoms with Gasteiger partial charge >= 0.3 is 0 Å². The molecule has 0 aliphatic carbocycles. The summed E-state index contributed by atoms with van der Waals surface area (Å²) in [6, 6.07) is 6.59. The maximum Gasteiger partial charge on any atom is 0.243 e. The Kier molecular flexibility index (Phi) is 5.41. The Morgan fingerprint density at radius 3 is 2.58 bits per heavy atom. The van der Waals surface area contributed by atoms with Crippen LogP contribution in [0, 0.1) is 12.8 Å². The van der Waals surface area contributed by atoms with Crippen molar-refractivity contribution in [3.63, 3.8) is 0 Å².